The second-order valence-corrected chi connectivity index (χ2v) is 8.07. The number of nitrogens with one attached hydrogen (secondary N) is 1. The Morgan fingerprint density at radius 1 is 1.12 bits per heavy atom. The van der Waals surface area contributed by atoms with Crippen molar-refractivity contribution in [3.05, 3.63) is 35.4 Å². The maximum Gasteiger partial charge on any atom is 0.237 e. The second kappa shape index (κ2) is 11.8. The van der Waals surface area contributed by atoms with Crippen molar-refractivity contribution in [2.45, 2.75) is 65.6 Å². The molecule has 0 unspecified atom stereocenters. The summed E-state index contributed by atoms with van der Waals surface area (Å²) >= 11 is 0. The summed E-state index contributed by atoms with van der Waals surface area (Å²) in [5.41, 5.74) is 8.24. The molecular weight excluding hydrogens is 369 g/mol. The van der Waals surface area contributed by atoms with Crippen molar-refractivity contribution in [3.8, 4) is 0 Å². The Balaban J connectivity index is 0.00000312. The molecule has 150 valence electrons. The van der Waals surface area contributed by atoms with Crippen LogP contribution in [0.4, 0.5) is 0 Å². The minimum Gasteiger partial charge on any atom is -0.351 e. The smallest absolute Gasteiger partial charge is 0.237 e. The molecule has 1 atom stereocenters. The lowest BCUT2D eigenvalue weighted by Crippen LogP contribution is -2.48. The molecule has 0 bridgehead atoms. The van der Waals surface area contributed by atoms with Gasteiger partial charge in [0.05, 0.1) is 6.04 Å². The van der Waals surface area contributed by atoms with E-state index in [1.54, 1.807) is 0 Å². The van der Waals surface area contributed by atoms with Crippen molar-refractivity contribution in [1.82, 2.24) is 10.2 Å². The first-order valence-electron chi connectivity index (χ1n) is 9.20. The van der Waals surface area contributed by atoms with Gasteiger partial charge in [-0.25, -0.2) is 0 Å². The predicted octanol–water partition coefficient (Wildman–Crippen LogP) is 3.90. The van der Waals surface area contributed by atoms with Gasteiger partial charge in [0, 0.05) is 13.1 Å². The molecule has 0 aliphatic carbocycles. The fraction of sp³-hybridized carbons (Fsp3) is 0.650. The van der Waals surface area contributed by atoms with Gasteiger partial charge >= 0.3 is 0 Å². The van der Waals surface area contributed by atoms with Crippen LogP contribution in [0.25, 0.3) is 0 Å². The maximum atomic E-state index is 12.2. The normalized spacial score (nSPS) is 16.6. The molecule has 0 radical (unpaired) electrons. The van der Waals surface area contributed by atoms with Crippen LogP contribution in [-0.4, -0.2) is 29.9 Å². The van der Waals surface area contributed by atoms with E-state index in [2.05, 4.69) is 34.5 Å². The van der Waals surface area contributed by atoms with Gasteiger partial charge in [-0.05, 0) is 42.5 Å². The van der Waals surface area contributed by atoms with E-state index in [0.717, 1.165) is 12.1 Å². The molecule has 2 rings (SSSR count). The van der Waals surface area contributed by atoms with Crippen molar-refractivity contribution in [2.24, 2.45) is 11.1 Å². The molecular formula is C20H35Cl2N3O. The first kappa shape index (κ1) is 25.2. The predicted molar refractivity (Wildman–Crippen MR) is 114 cm³/mol. The van der Waals surface area contributed by atoms with Gasteiger partial charge in [0.2, 0.25) is 5.91 Å². The van der Waals surface area contributed by atoms with E-state index in [1.165, 1.54) is 44.3 Å². The number of likely N-dealkylation sites (tertiary alicyclic amines) is 1. The first-order chi connectivity index (χ1) is 11.4. The van der Waals surface area contributed by atoms with Crippen molar-refractivity contribution in [2.75, 3.05) is 13.1 Å². The number of halogens is 2. The zero-order valence-electron chi connectivity index (χ0n) is 16.3. The van der Waals surface area contributed by atoms with Gasteiger partial charge in [-0.3, -0.25) is 9.69 Å². The highest BCUT2D eigenvalue weighted by molar-refractivity contribution is 5.85. The summed E-state index contributed by atoms with van der Waals surface area (Å²) in [5, 5.41) is 2.97. The molecule has 0 saturated carbocycles. The molecule has 1 aromatic carbocycles. The first-order valence-corrected chi connectivity index (χ1v) is 9.20. The molecule has 1 saturated heterocycles. The number of carbonyl (C=O) groups is 1. The summed E-state index contributed by atoms with van der Waals surface area (Å²) in [5.74, 6) is -0.0829. The SMILES string of the molecule is CC(C)(C)[C@H](N)C(=O)NCc1cccc(CN2CCCCCC2)c1.Cl.Cl. The Hall–Kier alpha value is -0.810. The molecule has 4 nitrogen and oxygen atoms in total. The minimum absolute atomic E-state index is 0. The Kier molecular flexibility index (Phi) is 11.4. The number of rotatable bonds is 5. The quantitative estimate of drug-likeness (QED) is 0.783. The Morgan fingerprint density at radius 3 is 2.27 bits per heavy atom. The average molecular weight is 404 g/mol. The van der Waals surface area contributed by atoms with Crippen LogP contribution in [0, 0.1) is 5.41 Å². The summed E-state index contributed by atoms with van der Waals surface area (Å²) in [6, 6.07) is 8.04. The van der Waals surface area contributed by atoms with E-state index in [4.69, 9.17) is 5.73 Å². The van der Waals surface area contributed by atoms with Crippen LogP contribution < -0.4 is 11.1 Å². The van der Waals surface area contributed by atoms with Gasteiger partial charge in [-0.1, -0.05) is 57.9 Å². The lowest BCUT2D eigenvalue weighted by atomic mass is 9.87. The highest BCUT2D eigenvalue weighted by Crippen LogP contribution is 2.18. The molecule has 0 spiro atoms. The van der Waals surface area contributed by atoms with Crippen LogP contribution in [0.3, 0.4) is 0 Å². The Labute approximate surface area is 171 Å². The maximum absolute atomic E-state index is 12.2. The molecule has 1 aliphatic rings. The van der Waals surface area contributed by atoms with Gasteiger partial charge < -0.3 is 11.1 Å². The zero-order valence-corrected chi connectivity index (χ0v) is 17.9. The van der Waals surface area contributed by atoms with Gasteiger partial charge in [0.1, 0.15) is 0 Å². The zero-order chi connectivity index (χ0) is 17.6. The number of nitrogens with two attached hydrogens (primary N) is 1. The summed E-state index contributed by atoms with van der Waals surface area (Å²) < 4.78 is 0. The molecule has 1 aromatic rings. The summed E-state index contributed by atoms with van der Waals surface area (Å²) in [6.07, 6.45) is 5.33. The highest BCUT2D eigenvalue weighted by Gasteiger charge is 2.27. The number of benzene rings is 1. The summed E-state index contributed by atoms with van der Waals surface area (Å²) in [4.78, 5) is 14.7. The number of hydrogen-bond donors (Lipinski definition) is 2. The Bertz CT molecular complexity index is 538. The van der Waals surface area contributed by atoms with Crippen LogP contribution in [0.5, 0.6) is 0 Å². The summed E-state index contributed by atoms with van der Waals surface area (Å²) in [6.45, 7) is 9.89. The third kappa shape index (κ3) is 8.26. The standard InChI is InChI=1S/C20H33N3O.2ClH/c1-20(2,3)18(21)19(24)22-14-16-9-8-10-17(13-16)15-23-11-6-4-5-7-12-23;;/h8-10,13,18H,4-7,11-12,14-15,21H2,1-3H3,(H,22,24);2*1H/t18-;;/m1../s1. The minimum atomic E-state index is -0.488. The van der Waals surface area contributed by atoms with Crippen molar-refractivity contribution < 1.29 is 4.79 Å². The fourth-order valence-electron chi connectivity index (χ4n) is 3.08. The van der Waals surface area contributed by atoms with Crippen LogP contribution >= 0.6 is 24.8 Å². The molecule has 1 heterocycles. The number of amides is 1. The average Bonchev–Trinajstić information content (AvgIpc) is 2.80. The Morgan fingerprint density at radius 2 is 1.69 bits per heavy atom. The second-order valence-electron chi connectivity index (χ2n) is 8.07. The highest BCUT2D eigenvalue weighted by atomic mass is 35.5. The van der Waals surface area contributed by atoms with Gasteiger partial charge in [-0.2, -0.15) is 0 Å². The lowest BCUT2D eigenvalue weighted by Gasteiger charge is -2.26. The lowest BCUT2D eigenvalue weighted by molar-refractivity contribution is -0.124. The monoisotopic (exact) mass is 403 g/mol. The molecule has 1 aliphatic heterocycles. The molecule has 26 heavy (non-hydrogen) atoms. The third-order valence-electron chi connectivity index (χ3n) is 4.78. The van der Waals surface area contributed by atoms with Crippen LogP contribution in [0.2, 0.25) is 0 Å². The van der Waals surface area contributed by atoms with Crippen LogP contribution in [-0.2, 0) is 17.9 Å². The van der Waals surface area contributed by atoms with E-state index in [-0.39, 0.29) is 36.1 Å². The fourth-order valence-corrected chi connectivity index (χ4v) is 3.08. The van der Waals surface area contributed by atoms with Crippen molar-refractivity contribution in [3.63, 3.8) is 0 Å². The third-order valence-corrected chi connectivity index (χ3v) is 4.78. The molecule has 1 fully saturated rings. The molecule has 1 amide bonds. The number of hydrogen-bond acceptors (Lipinski definition) is 3. The van der Waals surface area contributed by atoms with E-state index in [1.807, 2.05) is 20.8 Å². The number of carbonyl (C=O) groups excluding carboxylic acids is 1. The van der Waals surface area contributed by atoms with E-state index < -0.39 is 6.04 Å². The molecule has 0 aromatic heterocycles. The topological polar surface area (TPSA) is 58.4 Å². The van der Waals surface area contributed by atoms with Gasteiger partial charge in [0.25, 0.3) is 0 Å². The largest absolute Gasteiger partial charge is 0.351 e. The molecule has 6 heteroatoms. The number of nitrogens with zero attached hydrogens (tertiary/aromatic N) is 1. The van der Waals surface area contributed by atoms with Crippen LogP contribution in [0.1, 0.15) is 57.6 Å². The van der Waals surface area contributed by atoms with E-state index >= 15 is 0 Å². The van der Waals surface area contributed by atoms with E-state index in [0.29, 0.717) is 6.54 Å². The summed E-state index contributed by atoms with van der Waals surface area (Å²) in [7, 11) is 0. The van der Waals surface area contributed by atoms with Crippen LogP contribution in [0.15, 0.2) is 24.3 Å². The van der Waals surface area contributed by atoms with E-state index in [9.17, 15) is 4.79 Å². The molecule has 3 N–H and O–H groups in total. The van der Waals surface area contributed by atoms with Crippen molar-refractivity contribution >= 4 is 30.7 Å². The van der Waals surface area contributed by atoms with Crippen molar-refractivity contribution in [1.29, 1.82) is 0 Å². The van der Waals surface area contributed by atoms with Gasteiger partial charge in [0.15, 0.2) is 0 Å². The van der Waals surface area contributed by atoms with Gasteiger partial charge in [-0.15, -0.1) is 24.8 Å².